The SMILES string of the molecule is CC[C@H](Oc1ccc(Cl)cc1)C(=O)N[C@@H](CC(C)C)c1ccccc1. The standard InChI is InChI=1S/C21H26ClNO2/c1-4-20(25-18-12-10-17(22)11-13-18)21(24)23-19(14-15(2)3)16-8-6-5-7-9-16/h5-13,15,19-20H,4,14H2,1-3H3,(H,23,24)/t19-,20-/m0/s1. The van der Waals surface area contributed by atoms with Gasteiger partial charge in [0.2, 0.25) is 0 Å². The smallest absolute Gasteiger partial charge is 0.261 e. The lowest BCUT2D eigenvalue weighted by Crippen LogP contribution is -2.40. The zero-order valence-corrected chi connectivity index (χ0v) is 15.8. The minimum atomic E-state index is -0.528. The summed E-state index contributed by atoms with van der Waals surface area (Å²) in [6.07, 6.45) is 0.949. The second-order valence-corrected chi connectivity index (χ2v) is 7.01. The highest BCUT2D eigenvalue weighted by Crippen LogP contribution is 2.22. The van der Waals surface area contributed by atoms with Crippen LogP contribution in [-0.2, 0) is 4.79 Å². The van der Waals surface area contributed by atoms with Crippen molar-refractivity contribution in [1.29, 1.82) is 0 Å². The molecular formula is C21H26ClNO2. The zero-order chi connectivity index (χ0) is 18.2. The van der Waals surface area contributed by atoms with Gasteiger partial charge in [0.25, 0.3) is 5.91 Å². The third kappa shape index (κ3) is 6.09. The van der Waals surface area contributed by atoms with Gasteiger partial charge in [0.1, 0.15) is 5.75 Å². The molecule has 0 bridgehead atoms. The largest absolute Gasteiger partial charge is 0.481 e. The molecule has 0 aliphatic heterocycles. The lowest BCUT2D eigenvalue weighted by molar-refractivity contribution is -0.129. The molecule has 4 heteroatoms. The first-order valence-electron chi connectivity index (χ1n) is 8.77. The van der Waals surface area contributed by atoms with Gasteiger partial charge in [-0.2, -0.15) is 0 Å². The molecule has 0 saturated heterocycles. The van der Waals surface area contributed by atoms with E-state index < -0.39 is 6.10 Å². The third-order valence-electron chi connectivity index (χ3n) is 3.98. The maximum absolute atomic E-state index is 12.7. The number of hydrogen-bond acceptors (Lipinski definition) is 2. The first-order chi connectivity index (χ1) is 12.0. The van der Waals surface area contributed by atoms with Gasteiger partial charge in [0.05, 0.1) is 6.04 Å². The maximum Gasteiger partial charge on any atom is 0.261 e. The molecular weight excluding hydrogens is 334 g/mol. The van der Waals surface area contributed by atoms with E-state index >= 15 is 0 Å². The van der Waals surface area contributed by atoms with Crippen LogP contribution in [-0.4, -0.2) is 12.0 Å². The summed E-state index contributed by atoms with van der Waals surface area (Å²) in [6.45, 7) is 6.26. The van der Waals surface area contributed by atoms with E-state index in [0.29, 0.717) is 23.1 Å². The number of nitrogens with one attached hydrogen (secondary N) is 1. The number of amides is 1. The Morgan fingerprint density at radius 1 is 1.08 bits per heavy atom. The molecule has 25 heavy (non-hydrogen) atoms. The summed E-state index contributed by atoms with van der Waals surface area (Å²) < 4.78 is 5.85. The number of rotatable bonds is 8. The van der Waals surface area contributed by atoms with E-state index in [0.717, 1.165) is 12.0 Å². The highest BCUT2D eigenvalue weighted by Gasteiger charge is 2.23. The second kappa shape index (κ2) is 9.47. The van der Waals surface area contributed by atoms with Gasteiger partial charge in [-0.3, -0.25) is 4.79 Å². The van der Waals surface area contributed by atoms with E-state index in [4.69, 9.17) is 16.3 Å². The molecule has 0 spiro atoms. The summed E-state index contributed by atoms with van der Waals surface area (Å²) in [6, 6.07) is 17.1. The van der Waals surface area contributed by atoms with Crippen LogP contribution in [0.25, 0.3) is 0 Å². The van der Waals surface area contributed by atoms with Gasteiger partial charge in [-0.15, -0.1) is 0 Å². The Hall–Kier alpha value is -2.00. The van der Waals surface area contributed by atoms with Crippen LogP contribution in [0.2, 0.25) is 5.02 Å². The van der Waals surface area contributed by atoms with E-state index in [2.05, 4.69) is 19.2 Å². The van der Waals surface area contributed by atoms with E-state index in [-0.39, 0.29) is 11.9 Å². The molecule has 0 saturated carbocycles. The van der Waals surface area contributed by atoms with Crippen molar-refractivity contribution in [2.75, 3.05) is 0 Å². The van der Waals surface area contributed by atoms with Gasteiger partial charge in [-0.05, 0) is 48.6 Å². The first-order valence-corrected chi connectivity index (χ1v) is 9.15. The molecule has 134 valence electrons. The molecule has 0 radical (unpaired) electrons. The Bertz CT molecular complexity index is 655. The number of ether oxygens (including phenoxy) is 1. The minimum absolute atomic E-state index is 0.0171. The number of halogens is 1. The van der Waals surface area contributed by atoms with Crippen LogP contribution in [0.1, 0.15) is 45.2 Å². The Balaban J connectivity index is 2.08. The summed E-state index contributed by atoms with van der Waals surface area (Å²) in [5, 5.41) is 3.80. The molecule has 0 fully saturated rings. The molecule has 3 nitrogen and oxygen atoms in total. The lowest BCUT2D eigenvalue weighted by atomic mass is 9.96. The topological polar surface area (TPSA) is 38.3 Å². The monoisotopic (exact) mass is 359 g/mol. The van der Waals surface area contributed by atoms with Crippen molar-refractivity contribution in [2.24, 2.45) is 5.92 Å². The molecule has 0 aromatic heterocycles. The van der Waals surface area contributed by atoms with Crippen LogP contribution in [0, 0.1) is 5.92 Å². The Morgan fingerprint density at radius 2 is 1.72 bits per heavy atom. The van der Waals surface area contributed by atoms with Crippen molar-refractivity contribution in [3.05, 3.63) is 65.2 Å². The summed E-state index contributed by atoms with van der Waals surface area (Å²) >= 11 is 5.89. The average Bonchev–Trinajstić information content (AvgIpc) is 2.61. The average molecular weight is 360 g/mol. The molecule has 2 aromatic rings. The zero-order valence-electron chi connectivity index (χ0n) is 15.0. The molecule has 1 N–H and O–H groups in total. The second-order valence-electron chi connectivity index (χ2n) is 6.57. The summed E-state index contributed by atoms with van der Waals surface area (Å²) in [5.74, 6) is 1.03. The highest BCUT2D eigenvalue weighted by molar-refractivity contribution is 6.30. The van der Waals surface area contributed by atoms with Gasteiger partial charge >= 0.3 is 0 Å². The van der Waals surface area contributed by atoms with Crippen molar-refractivity contribution in [3.63, 3.8) is 0 Å². The third-order valence-corrected chi connectivity index (χ3v) is 4.23. The predicted molar refractivity (Wildman–Crippen MR) is 103 cm³/mol. The summed E-state index contributed by atoms with van der Waals surface area (Å²) in [5.41, 5.74) is 1.12. The maximum atomic E-state index is 12.7. The van der Waals surface area contributed by atoms with Crippen molar-refractivity contribution in [2.45, 2.75) is 45.8 Å². The molecule has 2 atom stereocenters. The van der Waals surface area contributed by atoms with E-state index in [1.807, 2.05) is 37.3 Å². The fourth-order valence-corrected chi connectivity index (χ4v) is 2.83. The van der Waals surface area contributed by atoms with Crippen LogP contribution >= 0.6 is 11.6 Å². The Labute approximate surface area is 155 Å². The molecule has 2 rings (SSSR count). The van der Waals surface area contributed by atoms with E-state index in [1.165, 1.54) is 0 Å². The molecule has 0 aliphatic rings. The van der Waals surface area contributed by atoms with Gasteiger partial charge < -0.3 is 10.1 Å². The van der Waals surface area contributed by atoms with Crippen LogP contribution in [0.5, 0.6) is 5.75 Å². The number of benzene rings is 2. The number of carbonyl (C=O) groups is 1. The quantitative estimate of drug-likeness (QED) is 0.685. The summed E-state index contributed by atoms with van der Waals surface area (Å²) in [4.78, 5) is 12.7. The van der Waals surface area contributed by atoms with Crippen molar-refractivity contribution in [3.8, 4) is 5.75 Å². The van der Waals surface area contributed by atoms with Crippen LogP contribution in [0.4, 0.5) is 0 Å². The molecule has 2 aromatic carbocycles. The van der Waals surface area contributed by atoms with Gasteiger partial charge in [-0.25, -0.2) is 0 Å². The van der Waals surface area contributed by atoms with Crippen molar-refractivity contribution in [1.82, 2.24) is 5.32 Å². The molecule has 0 unspecified atom stereocenters. The normalized spacial score (nSPS) is 13.3. The Kier molecular flexibility index (Phi) is 7.32. The first kappa shape index (κ1) is 19.3. The van der Waals surface area contributed by atoms with Crippen LogP contribution in [0.3, 0.4) is 0 Å². The fraction of sp³-hybridized carbons (Fsp3) is 0.381. The summed E-state index contributed by atoms with van der Waals surface area (Å²) in [7, 11) is 0. The minimum Gasteiger partial charge on any atom is -0.481 e. The van der Waals surface area contributed by atoms with Crippen molar-refractivity contribution < 1.29 is 9.53 Å². The molecule has 0 aliphatic carbocycles. The lowest BCUT2D eigenvalue weighted by Gasteiger charge is -2.24. The van der Waals surface area contributed by atoms with Crippen molar-refractivity contribution >= 4 is 17.5 Å². The fourth-order valence-electron chi connectivity index (χ4n) is 2.70. The number of hydrogen-bond donors (Lipinski definition) is 1. The van der Waals surface area contributed by atoms with Gasteiger partial charge in [0.15, 0.2) is 6.10 Å². The van der Waals surface area contributed by atoms with Crippen LogP contribution in [0.15, 0.2) is 54.6 Å². The van der Waals surface area contributed by atoms with E-state index in [1.54, 1.807) is 24.3 Å². The van der Waals surface area contributed by atoms with Gasteiger partial charge in [0, 0.05) is 5.02 Å². The number of carbonyl (C=O) groups excluding carboxylic acids is 1. The predicted octanol–water partition coefficient (Wildman–Crippen LogP) is 5.40. The molecule has 1 amide bonds. The van der Waals surface area contributed by atoms with Gasteiger partial charge in [-0.1, -0.05) is 62.7 Å². The van der Waals surface area contributed by atoms with Crippen LogP contribution < -0.4 is 10.1 Å². The van der Waals surface area contributed by atoms with E-state index in [9.17, 15) is 4.79 Å². The highest BCUT2D eigenvalue weighted by atomic mass is 35.5. The Morgan fingerprint density at radius 3 is 2.28 bits per heavy atom. The molecule has 0 heterocycles.